The highest BCUT2D eigenvalue weighted by atomic mass is 32.1. The van der Waals surface area contributed by atoms with Crippen LogP contribution in [0.2, 0.25) is 0 Å². The number of hydrogen-bond acceptors (Lipinski definition) is 3. The molecule has 1 fully saturated rings. The van der Waals surface area contributed by atoms with E-state index in [0.29, 0.717) is 5.92 Å². The van der Waals surface area contributed by atoms with Crippen molar-refractivity contribution in [3.05, 3.63) is 16.6 Å². The van der Waals surface area contributed by atoms with Gasteiger partial charge in [0, 0.05) is 17.5 Å². The molecule has 1 aromatic rings. The number of aliphatic carboxylic acids is 1. The number of thiazole rings is 1. The summed E-state index contributed by atoms with van der Waals surface area (Å²) in [5.74, 6) is -0.251. The number of nitrogens with zero attached hydrogens (tertiary/aromatic N) is 1. The van der Waals surface area contributed by atoms with Crippen molar-refractivity contribution in [2.45, 2.75) is 31.6 Å². The lowest BCUT2D eigenvalue weighted by molar-refractivity contribution is -0.142. The maximum absolute atomic E-state index is 10.7. The van der Waals surface area contributed by atoms with E-state index in [2.05, 4.69) is 4.98 Å². The molecule has 1 aliphatic carbocycles. The van der Waals surface area contributed by atoms with Gasteiger partial charge in [-0.1, -0.05) is 0 Å². The van der Waals surface area contributed by atoms with Crippen molar-refractivity contribution in [2.24, 2.45) is 5.92 Å². The Balaban J connectivity index is 1.93. The molecular weight excluding hydrogens is 198 g/mol. The summed E-state index contributed by atoms with van der Waals surface area (Å²) in [6, 6.07) is 0. The molecule has 0 aliphatic heterocycles. The average Bonchev–Trinajstić information content (AvgIpc) is 2.71. The highest BCUT2D eigenvalue weighted by Crippen LogP contribution is 2.36. The smallest absolute Gasteiger partial charge is 0.306 e. The van der Waals surface area contributed by atoms with Gasteiger partial charge in [0.2, 0.25) is 0 Å². The van der Waals surface area contributed by atoms with E-state index in [0.717, 1.165) is 25.7 Å². The largest absolute Gasteiger partial charge is 0.481 e. The molecule has 14 heavy (non-hydrogen) atoms. The first kappa shape index (κ1) is 9.65. The van der Waals surface area contributed by atoms with Crippen LogP contribution in [0.4, 0.5) is 0 Å². The van der Waals surface area contributed by atoms with Crippen molar-refractivity contribution in [3.63, 3.8) is 0 Å². The van der Waals surface area contributed by atoms with Crippen molar-refractivity contribution < 1.29 is 9.90 Å². The number of rotatable bonds is 2. The Hall–Kier alpha value is -0.900. The first-order valence-electron chi connectivity index (χ1n) is 4.89. The molecule has 0 bridgehead atoms. The molecule has 1 heterocycles. The molecule has 0 saturated heterocycles. The Morgan fingerprint density at radius 1 is 1.43 bits per heavy atom. The first-order valence-corrected chi connectivity index (χ1v) is 5.77. The van der Waals surface area contributed by atoms with E-state index in [9.17, 15) is 4.79 Å². The van der Waals surface area contributed by atoms with Gasteiger partial charge in [-0.25, -0.2) is 4.98 Å². The molecular formula is C10H13NO2S. The fourth-order valence-electron chi connectivity index (χ4n) is 2.02. The highest BCUT2D eigenvalue weighted by Gasteiger charge is 2.27. The first-order chi connectivity index (χ1) is 6.77. The summed E-state index contributed by atoms with van der Waals surface area (Å²) in [4.78, 5) is 15.0. The predicted octanol–water partition coefficient (Wildman–Crippen LogP) is 2.50. The molecule has 1 aliphatic rings. The molecule has 1 aromatic heterocycles. The predicted molar refractivity (Wildman–Crippen MR) is 54.4 cm³/mol. The third-order valence-corrected chi connectivity index (χ3v) is 3.82. The Morgan fingerprint density at radius 3 is 2.64 bits per heavy atom. The molecule has 0 aromatic carbocycles. The van der Waals surface area contributed by atoms with Crippen molar-refractivity contribution in [2.75, 3.05) is 0 Å². The summed E-state index contributed by atoms with van der Waals surface area (Å²) in [6.07, 6.45) is 5.39. The number of carboxylic acid groups (broad SMARTS) is 1. The van der Waals surface area contributed by atoms with Crippen LogP contribution < -0.4 is 0 Å². The summed E-state index contributed by atoms with van der Waals surface area (Å²) in [7, 11) is 0. The third-order valence-electron chi connectivity index (χ3n) is 2.88. The van der Waals surface area contributed by atoms with Gasteiger partial charge in [0.1, 0.15) is 0 Å². The van der Waals surface area contributed by atoms with Gasteiger partial charge in [0.25, 0.3) is 0 Å². The van der Waals surface area contributed by atoms with Crippen molar-refractivity contribution >= 4 is 17.3 Å². The molecule has 76 valence electrons. The molecule has 4 heteroatoms. The SMILES string of the molecule is O=C(O)C1CCC(c2nccs2)CC1. The third kappa shape index (κ3) is 1.95. The average molecular weight is 211 g/mol. The number of hydrogen-bond donors (Lipinski definition) is 1. The highest BCUT2D eigenvalue weighted by molar-refractivity contribution is 7.09. The normalized spacial score (nSPS) is 27.4. The minimum Gasteiger partial charge on any atom is -0.481 e. The van der Waals surface area contributed by atoms with Crippen LogP contribution in [0.15, 0.2) is 11.6 Å². The second kappa shape index (κ2) is 4.09. The van der Waals surface area contributed by atoms with Crippen LogP contribution in [0, 0.1) is 5.92 Å². The Morgan fingerprint density at radius 2 is 2.14 bits per heavy atom. The van der Waals surface area contributed by atoms with Gasteiger partial charge in [-0.3, -0.25) is 4.79 Å². The van der Waals surface area contributed by atoms with E-state index in [-0.39, 0.29) is 5.92 Å². The Labute approximate surface area is 86.8 Å². The van der Waals surface area contributed by atoms with Gasteiger partial charge >= 0.3 is 5.97 Å². The van der Waals surface area contributed by atoms with E-state index >= 15 is 0 Å². The van der Waals surface area contributed by atoms with Crippen LogP contribution in [-0.4, -0.2) is 16.1 Å². The van der Waals surface area contributed by atoms with Crippen molar-refractivity contribution in [1.82, 2.24) is 4.98 Å². The number of carboxylic acids is 1. The summed E-state index contributed by atoms with van der Waals surface area (Å²) >= 11 is 1.68. The molecule has 0 spiro atoms. The van der Waals surface area contributed by atoms with Crippen molar-refractivity contribution in [1.29, 1.82) is 0 Å². The van der Waals surface area contributed by atoms with Crippen LogP contribution in [0.5, 0.6) is 0 Å². The minimum atomic E-state index is -0.636. The maximum Gasteiger partial charge on any atom is 0.306 e. The molecule has 0 radical (unpaired) electrons. The van der Waals surface area contributed by atoms with E-state index in [4.69, 9.17) is 5.11 Å². The van der Waals surface area contributed by atoms with Gasteiger partial charge < -0.3 is 5.11 Å². The summed E-state index contributed by atoms with van der Waals surface area (Å²) < 4.78 is 0. The lowest BCUT2D eigenvalue weighted by atomic mass is 9.82. The Kier molecular flexibility index (Phi) is 2.82. The lowest BCUT2D eigenvalue weighted by Crippen LogP contribution is -2.20. The molecule has 0 atom stereocenters. The van der Waals surface area contributed by atoms with Crippen LogP contribution in [-0.2, 0) is 4.79 Å². The molecule has 3 nitrogen and oxygen atoms in total. The fourth-order valence-corrected chi connectivity index (χ4v) is 2.83. The molecule has 0 unspecified atom stereocenters. The maximum atomic E-state index is 10.7. The minimum absolute atomic E-state index is 0.119. The van der Waals surface area contributed by atoms with Crippen LogP contribution in [0.3, 0.4) is 0 Å². The van der Waals surface area contributed by atoms with Gasteiger partial charge in [0.05, 0.1) is 10.9 Å². The van der Waals surface area contributed by atoms with Gasteiger partial charge in [-0.2, -0.15) is 0 Å². The van der Waals surface area contributed by atoms with Crippen LogP contribution >= 0.6 is 11.3 Å². The van der Waals surface area contributed by atoms with Gasteiger partial charge in [-0.05, 0) is 25.7 Å². The monoisotopic (exact) mass is 211 g/mol. The van der Waals surface area contributed by atoms with E-state index in [1.165, 1.54) is 5.01 Å². The second-order valence-electron chi connectivity index (χ2n) is 3.76. The summed E-state index contributed by atoms with van der Waals surface area (Å²) in [5.41, 5.74) is 0. The topological polar surface area (TPSA) is 50.2 Å². The summed E-state index contributed by atoms with van der Waals surface area (Å²) in [6.45, 7) is 0. The quantitative estimate of drug-likeness (QED) is 0.817. The molecule has 2 rings (SSSR count). The summed E-state index contributed by atoms with van der Waals surface area (Å²) in [5, 5.41) is 12.0. The lowest BCUT2D eigenvalue weighted by Gasteiger charge is -2.24. The fraction of sp³-hybridized carbons (Fsp3) is 0.600. The Bertz CT molecular complexity index is 302. The van der Waals surface area contributed by atoms with Gasteiger partial charge in [-0.15, -0.1) is 11.3 Å². The van der Waals surface area contributed by atoms with Crippen LogP contribution in [0.25, 0.3) is 0 Å². The van der Waals surface area contributed by atoms with Crippen LogP contribution in [0.1, 0.15) is 36.6 Å². The zero-order chi connectivity index (χ0) is 9.97. The van der Waals surface area contributed by atoms with E-state index in [1.807, 2.05) is 11.6 Å². The van der Waals surface area contributed by atoms with Gasteiger partial charge in [0.15, 0.2) is 0 Å². The second-order valence-corrected chi connectivity index (χ2v) is 4.68. The zero-order valence-corrected chi connectivity index (χ0v) is 8.67. The number of carbonyl (C=O) groups is 1. The standard InChI is InChI=1S/C10H13NO2S/c12-10(13)8-3-1-7(2-4-8)9-11-5-6-14-9/h5-8H,1-4H2,(H,12,13). The molecule has 1 saturated carbocycles. The zero-order valence-electron chi connectivity index (χ0n) is 7.85. The molecule has 1 N–H and O–H groups in total. The van der Waals surface area contributed by atoms with E-state index < -0.39 is 5.97 Å². The van der Waals surface area contributed by atoms with Crippen molar-refractivity contribution in [3.8, 4) is 0 Å². The van der Waals surface area contributed by atoms with E-state index in [1.54, 1.807) is 11.3 Å². The number of aromatic nitrogens is 1. The molecule has 0 amide bonds.